The fraction of sp³-hybridized carbons (Fsp3) is 0.250. The maximum Gasteiger partial charge on any atom is 0.336 e. The molecule has 0 saturated heterocycles. The average Bonchev–Trinajstić information content (AvgIpc) is 3.11. The van der Waals surface area contributed by atoms with Gasteiger partial charge >= 0.3 is 6.01 Å². The van der Waals surface area contributed by atoms with Crippen LogP contribution in [0.1, 0.15) is 35.7 Å². The van der Waals surface area contributed by atoms with E-state index in [0.717, 1.165) is 23.9 Å². The quantitative estimate of drug-likeness (QED) is 0.669. The second-order valence-corrected chi connectivity index (χ2v) is 5.95. The fourth-order valence-electron chi connectivity index (χ4n) is 2.65. The summed E-state index contributed by atoms with van der Waals surface area (Å²) in [5.41, 5.74) is 2.12. The van der Waals surface area contributed by atoms with Gasteiger partial charge in [0.05, 0.1) is 7.11 Å². The highest BCUT2D eigenvalue weighted by molar-refractivity contribution is 5.97. The highest BCUT2D eigenvalue weighted by Crippen LogP contribution is 2.22. The third-order valence-corrected chi connectivity index (χ3v) is 4.07. The third kappa shape index (κ3) is 3.79. The first-order chi connectivity index (χ1) is 12.6. The minimum atomic E-state index is -0.413. The van der Waals surface area contributed by atoms with E-state index in [1.165, 1.54) is 24.8 Å². The summed E-state index contributed by atoms with van der Waals surface area (Å²) in [6, 6.07) is 13.4. The van der Waals surface area contributed by atoms with E-state index in [0.29, 0.717) is 11.1 Å². The highest BCUT2D eigenvalue weighted by atomic mass is 19.1. The van der Waals surface area contributed by atoms with Crippen molar-refractivity contribution in [1.82, 2.24) is 14.8 Å². The summed E-state index contributed by atoms with van der Waals surface area (Å²) in [6.07, 6.45) is 3.21. The van der Waals surface area contributed by atoms with Crippen molar-refractivity contribution in [3.63, 3.8) is 0 Å². The molecule has 5 nitrogen and oxygen atoms in total. The first-order valence-corrected chi connectivity index (χ1v) is 8.53. The summed E-state index contributed by atoms with van der Waals surface area (Å²) >= 11 is 0. The number of methoxy groups -OCH3 is 1. The van der Waals surface area contributed by atoms with E-state index in [4.69, 9.17) is 4.74 Å². The molecule has 0 N–H and O–H groups in total. The van der Waals surface area contributed by atoms with Crippen LogP contribution in [0.15, 0.2) is 48.5 Å². The lowest BCUT2D eigenvalue weighted by Crippen LogP contribution is -2.15. The van der Waals surface area contributed by atoms with Crippen molar-refractivity contribution in [3.05, 3.63) is 65.5 Å². The maximum atomic E-state index is 13.6. The molecule has 0 fully saturated rings. The molecule has 6 heteroatoms. The topological polar surface area (TPSA) is 57.0 Å². The molecule has 0 aliphatic heterocycles. The monoisotopic (exact) mass is 353 g/mol. The molecule has 0 radical (unpaired) electrons. The van der Waals surface area contributed by atoms with Gasteiger partial charge in [0.2, 0.25) is 0 Å². The minimum absolute atomic E-state index is 0.0529. The molecule has 134 valence electrons. The zero-order valence-corrected chi connectivity index (χ0v) is 14.8. The van der Waals surface area contributed by atoms with E-state index in [1.54, 1.807) is 24.3 Å². The van der Waals surface area contributed by atoms with Gasteiger partial charge in [-0.05, 0) is 42.7 Å². The third-order valence-electron chi connectivity index (χ3n) is 4.07. The fourth-order valence-corrected chi connectivity index (χ4v) is 2.65. The largest absolute Gasteiger partial charge is 0.466 e. The number of aromatic nitrogens is 3. The van der Waals surface area contributed by atoms with E-state index in [1.807, 2.05) is 12.1 Å². The zero-order valence-electron chi connectivity index (χ0n) is 14.8. The number of aryl methyl sites for hydroxylation is 1. The number of carbonyl (C=O) groups excluding carboxylic acids is 1. The van der Waals surface area contributed by atoms with Crippen molar-refractivity contribution in [2.75, 3.05) is 7.11 Å². The second kappa shape index (κ2) is 7.91. The van der Waals surface area contributed by atoms with Crippen molar-refractivity contribution >= 4 is 5.91 Å². The SMILES string of the molecule is CCCCc1ccc(C(=O)n2nc(OC)nc2-c2cccc(F)c2)cc1. The Bertz CT molecular complexity index is 904. The Morgan fingerprint density at radius 2 is 1.96 bits per heavy atom. The summed E-state index contributed by atoms with van der Waals surface area (Å²) in [5.74, 6) is -0.521. The van der Waals surface area contributed by atoms with Gasteiger partial charge in [0.1, 0.15) is 5.82 Å². The molecule has 2 aromatic carbocycles. The predicted molar refractivity (Wildman–Crippen MR) is 96.8 cm³/mol. The molecule has 0 bridgehead atoms. The Morgan fingerprint density at radius 3 is 2.62 bits per heavy atom. The molecule has 0 amide bonds. The Kier molecular flexibility index (Phi) is 5.41. The molecule has 0 aliphatic carbocycles. The zero-order chi connectivity index (χ0) is 18.5. The van der Waals surface area contributed by atoms with Gasteiger partial charge in [0, 0.05) is 11.1 Å². The van der Waals surface area contributed by atoms with Gasteiger partial charge in [-0.25, -0.2) is 4.39 Å². The average molecular weight is 353 g/mol. The molecule has 3 rings (SSSR count). The molecule has 3 aromatic rings. The van der Waals surface area contributed by atoms with Gasteiger partial charge in [-0.15, -0.1) is 5.10 Å². The van der Waals surface area contributed by atoms with Crippen LogP contribution in [0, 0.1) is 5.82 Å². The van der Waals surface area contributed by atoms with E-state index < -0.39 is 5.82 Å². The molecule has 0 aliphatic rings. The van der Waals surface area contributed by atoms with Crippen LogP contribution in [0.2, 0.25) is 0 Å². The van der Waals surface area contributed by atoms with Gasteiger partial charge in [-0.1, -0.05) is 37.6 Å². The first kappa shape index (κ1) is 17.8. The number of halogens is 1. The first-order valence-electron chi connectivity index (χ1n) is 8.53. The minimum Gasteiger partial charge on any atom is -0.466 e. The molecule has 26 heavy (non-hydrogen) atoms. The number of hydrogen-bond acceptors (Lipinski definition) is 4. The maximum absolute atomic E-state index is 13.6. The van der Waals surface area contributed by atoms with Crippen LogP contribution in [0.3, 0.4) is 0 Å². The normalized spacial score (nSPS) is 10.7. The lowest BCUT2D eigenvalue weighted by atomic mass is 10.1. The van der Waals surface area contributed by atoms with Gasteiger partial charge in [-0.3, -0.25) is 4.79 Å². The van der Waals surface area contributed by atoms with Gasteiger partial charge < -0.3 is 4.74 Å². The van der Waals surface area contributed by atoms with Crippen LogP contribution in [0.25, 0.3) is 11.4 Å². The number of nitrogens with zero attached hydrogens (tertiary/aromatic N) is 3. The van der Waals surface area contributed by atoms with Crippen molar-refractivity contribution in [3.8, 4) is 17.4 Å². The second-order valence-electron chi connectivity index (χ2n) is 5.95. The number of unbranched alkanes of at least 4 members (excludes halogenated alkanes) is 1. The summed E-state index contributed by atoms with van der Waals surface area (Å²) in [6.45, 7) is 2.14. The van der Waals surface area contributed by atoms with E-state index in [9.17, 15) is 9.18 Å². The van der Waals surface area contributed by atoms with E-state index in [2.05, 4.69) is 17.0 Å². The van der Waals surface area contributed by atoms with Gasteiger partial charge in [0.25, 0.3) is 5.91 Å². The Labute approximate surface area is 151 Å². The molecule has 1 aromatic heterocycles. The summed E-state index contributed by atoms with van der Waals surface area (Å²) in [7, 11) is 1.42. The molecular weight excluding hydrogens is 333 g/mol. The Hall–Kier alpha value is -3.02. The van der Waals surface area contributed by atoms with Crippen molar-refractivity contribution < 1.29 is 13.9 Å². The van der Waals surface area contributed by atoms with Crippen molar-refractivity contribution in [1.29, 1.82) is 0 Å². The number of benzene rings is 2. The predicted octanol–water partition coefficient (Wildman–Crippen LogP) is 4.12. The standard InChI is InChI=1S/C20H20FN3O2/c1-3-4-6-14-9-11-15(12-10-14)19(25)24-18(22-20(23-24)26-2)16-7-5-8-17(21)13-16/h5,7-13H,3-4,6H2,1-2H3. The molecule has 1 heterocycles. The lowest BCUT2D eigenvalue weighted by Gasteiger charge is -2.06. The Morgan fingerprint density at radius 1 is 1.19 bits per heavy atom. The number of hydrogen-bond donors (Lipinski definition) is 0. The molecule has 0 unspecified atom stereocenters. The number of ether oxygens (including phenoxy) is 1. The van der Waals surface area contributed by atoms with Gasteiger partial charge in [0.15, 0.2) is 5.82 Å². The molecule has 0 saturated carbocycles. The molecule has 0 spiro atoms. The van der Waals surface area contributed by atoms with E-state index in [-0.39, 0.29) is 17.7 Å². The molecular formula is C20H20FN3O2. The lowest BCUT2D eigenvalue weighted by molar-refractivity contribution is 0.0945. The highest BCUT2D eigenvalue weighted by Gasteiger charge is 2.20. The Balaban J connectivity index is 1.95. The smallest absolute Gasteiger partial charge is 0.336 e. The number of carbonyl (C=O) groups is 1. The summed E-state index contributed by atoms with van der Waals surface area (Å²) in [4.78, 5) is 17.1. The summed E-state index contributed by atoms with van der Waals surface area (Å²) in [5, 5.41) is 4.09. The van der Waals surface area contributed by atoms with Crippen LogP contribution in [-0.4, -0.2) is 27.8 Å². The van der Waals surface area contributed by atoms with E-state index >= 15 is 0 Å². The summed E-state index contributed by atoms with van der Waals surface area (Å²) < 4.78 is 19.8. The van der Waals surface area contributed by atoms with Crippen LogP contribution in [0.4, 0.5) is 4.39 Å². The number of rotatable bonds is 6. The van der Waals surface area contributed by atoms with Crippen LogP contribution < -0.4 is 4.74 Å². The molecule has 0 atom stereocenters. The van der Waals surface area contributed by atoms with Gasteiger partial charge in [-0.2, -0.15) is 9.67 Å². The van der Waals surface area contributed by atoms with Crippen molar-refractivity contribution in [2.45, 2.75) is 26.2 Å². The van der Waals surface area contributed by atoms with Crippen LogP contribution in [0.5, 0.6) is 6.01 Å². The van der Waals surface area contributed by atoms with Crippen LogP contribution >= 0.6 is 0 Å². The van der Waals surface area contributed by atoms with Crippen molar-refractivity contribution in [2.24, 2.45) is 0 Å². The van der Waals surface area contributed by atoms with Crippen LogP contribution in [-0.2, 0) is 6.42 Å².